The molecule has 0 aromatic carbocycles. The van der Waals surface area contributed by atoms with Gasteiger partial charge >= 0.3 is 0 Å². The lowest BCUT2D eigenvalue weighted by atomic mass is 9.89. The first-order valence-corrected chi connectivity index (χ1v) is 6.67. The molecule has 0 aromatic rings. The fourth-order valence-corrected chi connectivity index (χ4v) is 2.90. The first-order chi connectivity index (χ1) is 7.97. The maximum atomic E-state index is 12.3. The van der Waals surface area contributed by atoms with Gasteiger partial charge in [0.15, 0.2) is 0 Å². The second kappa shape index (κ2) is 4.94. The largest absolute Gasteiger partial charge is 0.374 e. The quantitative estimate of drug-likeness (QED) is 0.791. The van der Waals surface area contributed by atoms with E-state index in [0.717, 1.165) is 19.4 Å². The summed E-state index contributed by atoms with van der Waals surface area (Å²) in [5.74, 6) is 0.192. The van der Waals surface area contributed by atoms with Crippen LogP contribution in [-0.4, -0.2) is 41.6 Å². The second-order valence-electron chi connectivity index (χ2n) is 6.01. The van der Waals surface area contributed by atoms with Crippen LogP contribution in [0.1, 0.15) is 46.0 Å². The topological polar surface area (TPSA) is 55.6 Å². The van der Waals surface area contributed by atoms with E-state index < -0.39 is 5.54 Å². The fraction of sp³-hybridized carbons (Fsp3) is 0.923. The van der Waals surface area contributed by atoms with Crippen LogP contribution in [0.3, 0.4) is 0 Å². The molecule has 2 atom stereocenters. The summed E-state index contributed by atoms with van der Waals surface area (Å²) in [5, 5.41) is 0. The van der Waals surface area contributed by atoms with Gasteiger partial charge in [0, 0.05) is 18.5 Å². The van der Waals surface area contributed by atoms with Gasteiger partial charge in [-0.25, -0.2) is 0 Å². The van der Waals surface area contributed by atoms with E-state index >= 15 is 0 Å². The molecular formula is C13H24N2O2. The lowest BCUT2D eigenvalue weighted by Crippen LogP contribution is -2.56. The Balaban J connectivity index is 2.01. The first-order valence-electron chi connectivity index (χ1n) is 6.67. The number of fused-ring (bicyclic) bond motifs is 1. The van der Waals surface area contributed by atoms with Crippen LogP contribution in [0.25, 0.3) is 0 Å². The summed E-state index contributed by atoms with van der Waals surface area (Å²) in [7, 11) is 0. The molecule has 17 heavy (non-hydrogen) atoms. The third-order valence-electron chi connectivity index (χ3n) is 3.66. The Morgan fingerprint density at radius 3 is 2.82 bits per heavy atom. The molecule has 1 saturated heterocycles. The van der Waals surface area contributed by atoms with Gasteiger partial charge in [0.25, 0.3) is 0 Å². The van der Waals surface area contributed by atoms with Gasteiger partial charge in [-0.3, -0.25) is 4.79 Å². The number of rotatable bonds is 2. The normalized spacial score (nSPS) is 29.9. The van der Waals surface area contributed by atoms with Gasteiger partial charge in [-0.05, 0) is 26.7 Å². The van der Waals surface area contributed by atoms with E-state index in [1.807, 2.05) is 18.7 Å². The van der Waals surface area contributed by atoms with E-state index in [-0.39, 0.29) is 12.0 Å². The zero-order chi connectivity index (χ0) is 12.5. The zero-order valence-corrected chi connectivity index (χ0v) is 10.9. The molecule has 2 fully saturated rings. The monoisotopic (exact) mass is 240 g/mol. The Kier molecular flexibility index (Phi) is 3.73. The van der Waals surface area contributed by atoms with E-state index in [0.29, 0.717) is 19.1 Å². The van der Waals surface area contributed by atoms with Crippen LogP contribution in [-0.2, 0) is 9.53 Å². The number of carbonyl (C=O) groups excluding carboxylic acids is 1. The Labute approximate surface area is 103 Å². The second-order valence-corrected chi connectivity index (χ2v) is 6.01. The van der Waals surface area contributed by atoms with Crippen molar-refractivity contribution < 1.29 is 9.53 Å². The summed E-state index contributed by atoms with van der Waals surface area (Å²) in [4.78, 5) is 14.3. The molecule has 1 saturated carbocycles. The SMILES string of the molecule is CC(C)(N)CC(=O)N1CCOC2CCCCC21. The summed E-state index contributed by atoms with van der Waals surface area (Å²) in [6.07, 6.45) is 5.31. The van der Waals surface area contributed by atoms with Gasteiger partial charge in [-0.15, -0.1) is 0 Å². The molecule has 4 nitrogen and oxygen atoms in total. The highest BCUT2D eigenvalue weighted by atomic mass is 16.5. The number of amides is 1. The molecule has 4 heteroatoms. The smallest absolute Gasteiger partial charge is 0.224 e. The van der Waals surface area contributed by atoms with Gasteiger partial charge in [0.05, 0.1) is 18.8 Å². The molecule has 2 rings (SSSR count). The van der Waals surface area contributed by atoms with E-state index in [9.17, 15) is 4.79 Å². The van der Waals surface area contributed by atoms with E-state index in [4.69, 9.17) is 10.5 Å². The molecule has 0 radical (unpaired) electrons. The van der Waals surface area contributed by atoms with Crippen LogP contribution in [0.2, 0.25) is 0 Å². The van der Waals surface area contributed by atoms with Crippen molar-refractivity contribution in [2.45, 2.75) is 63.6 Å². The number of hydrogen-bond donors (Lipinski definition) is 1. The molecule has 1 heterocycles. The van der Waals surface area contributed by atoms with Crippen LogP contribution in [0.4, 0.5) is 0 Å². The van der Waals surface area contributed by atoms with Gasteiger partial charge in [0.2, 0.25) is 5.91 Å². The molecule has 0 bridgehead atoms. The van der Waals surface area contributed by atoms with Crippen LogP contribution >= 0.6 is 0 Å². The predicted octanol–water partition coefficient (Wildman–Crippen LogP) is 1.28. The lowest BCUT2D eigenvalue weighted by Gasteiger charge is -2.44. The molecular weight excluding hydrogens is 216 g/mol. The van der Waals surface area contributed by atoms with Crippen molar-refractivity contribution in [3.05, 3.63) is 0 Å². The van der Waals surface area contributed by atoms with Crippen LogP contribution < -0.4 is 5.73 Å². The van der Waals surface area contributed by atoms with E-state index in [2.05, 4.69) is 0 Å². The highest BCUT2D eigenvalue weighted by Crippen LogP contribution is 2.29. The molecule has 1 aliphatic heterocycles. The maximum absolute atomic E-state index is 12.3. The molecule has 98 valence electrons. The summed E-state index contributed by atoms with van der Waals surface area (Å²) >= 11 is 0. The molecule has 2 N–H and O–H groups in total. The number of hydrogen-bond acceptors (Lipinski definition) is 3. The van der Waals surface area contributed by atoms with Crippen molar-refractivity contribution in [2.75, 3.05) is 13.2 Å². The Morgan fingerprint density at radius 1 is 1.41 bits per heavy atom. The van der Waals surface area contributed by atoms with Crippen LogP contribution in [0.15, 0.2) is 0 Å². The van der Waals surface area contributed by atoms with Crippen molar-refractivity contribution in [1.29, 1.82) is 0 Å². The van der Waals surface area contributed by atoms with Crippen molar-refractivity contribution in [3.8, 4) is 0 Å². The minimum atomic E-state index is -0.417. The average molecular weight is 240 g/mol. The summed E-state index contributed by atoms with van der Waals surface area (Å²) in [6, 6.07) is 0.298. The number of ether oxygens (including phenoxy) is 1. The van der Waals surface area contributed by atoms with Gasteiger partial charge in [-0.2, -0.15) is 0 Å². The third kappa shape index (κ3) is 3.19. The highest BCUT2D eigenvalue weighted by molar-refractivity contribution is 5.77. The van der Waals surface area contributed by atoms with Crippen molar-refractivity contribution in [1.82, 2.24) is 4.90 Å². The molecule has 1 amide bonds. The molecule has 0 spiro atoms. The standard InChI is InChI=1S/C13H24N2O2/c1-13(2,14)9-12(16)15-7-8-17-11-6-4-3-5-10(11)15/h10-11H,3-9,14H2,1-2H3. The molecule has 0 aromatic heterocycles. The number of morpholine rings is 1. The highest BCUT2D eigenvalue weighted by Gasteiger charge is 2.37. The predicted molar refractivity (Wildman–Crippen MR) is 66.6 cm³/mol. The minimum absolute atomic E-state index is 0.192. The number of nitrogens with zero attached hydrogens (tertiary/aromatic N) is 1. The van der Waals surface area contributed by atoms with Crippen LogP contribution in [0, 0.1) is 0 Å². The molecule has 2 unspecified atom stereocenters. The zero-order valence-electron chi connectivity index (χ0n) is 10.9. The van der Waals surface area contributed by atoms with Crippen molar-refractivity contribution >= 4 is 5.91 Å². The summed E-state index contributed by atoms with van der Waals surface area (Å²) in [6.45, 7) is 5.22. The Hall–Kier alpha value is -0.610. The maximum Gasteiger partial charge on any atom is 0.224 e. The van der Waals surface area contributed by atoms with E-state index in [1.54, 1.807) is 0 Å². The van der Waals surface area contributed by atoms with Crippen molar-refractivity contribution in [2.24, 2.45) is 5.73 Å². The number of carbonyl (C=O) groups is 1. The molecule has 1 aliphatic carbocycles. The first kappa shape index (κ1) is 12.8. The minimum Gasteiger partial charge on any atom is -0.374 e. The molecule has 2 aliphatic rings. The average Bonchev–Trinajstić information content (AvgIpc) is 2.26. The Bertz CT molecular complexity index is 284. The van der Waals surface area contributed by atoms with Gasteiger partial charge in [0.1, 0.15) is 0 Å². The Morgan fingerprint density at radius 2 is 2.12 bits per heavy atom. The van der Waals surface area contributed by atoms with Crippen molar-refractivity contribution in [3.63, 3.8) is 0 Å². The number of nitrogens with two attached hydrogens (primary N) is 1. The summed E-state index contributed by atoms with van der Waals surface area (Å²) < 4.78 is 5.77. The summed E-state index contributed by atoms with van der Waals surface area (Å²) in [5.41, 5.74) is 5.52. The third-order valence-corrected chi connectivity index (χ3v) is 3.66. The lowest BCUT2D eigenvalue weighted by molar-refractivity contribution is -0.150. The van der Waals surface area contributed by atoms with Crippen LogP contribution in [0.5, 0.6) is 0 Å². The van der Waals surface area contributed by atoms with E-state index in [1.165, 1.54) is 12.8 Å². The van der Waals surface area contributed by atoms with Gasteiger partial charge < -0.3 is 15.4 Å². The fourth-order valence-electron chi connectivity index (χ4n) is 2.90. The van der Waals surface area contributed by atoms with Gasteiger partial charge in [-0.1, -0.05) is 12.8 Å².